The number of carboxylic acid groups (broad SMARTS) is 1. The van der Waals surface area contributed by atoms with Gasteiger partial charge in [0.25, 0.3) is 0 Å². The fourth-order valence-corrected chi connectivity index (χ4v) is 2.44. The average Bonchev–Trinajstić information content (AvgIpc) is 2.76. The summed E-state index contributed by atoms with van der Waals surface area (Å²) in [6.45, 7) is 1.99. The Kier molecular flexibility index (Phi) is 3.66. The van der Waals surface area contributed by atoms with Gasteiger partial charge >= 0.3 is 12.0 Å². The van der Waals surface area contributed by atoms with Gasteiger partial charge in [0.15, 0.2) is 0 Å². The number of anilines is 1. The molecule has 2 rings (SSSR count). The van der Waals surface area contributed by atoms with Crippen molar-refractivity contribution in [3.05, 3.63) is 29.3 Å². The van der Waals surface area contributed by atoms with E-state index in [0.29, 0.717) is 30.1 Å². The van der Waals surface area contributed by atoms with Gasteiger partial charge in [-0.2, -0.15) is 0 Å². The summed E-state index contributed by atoms with van der Waals surface area (Å²) >= 11 is 5.96. The van der Waals surface area contributed by atoms with Crippen molar-refractivity contribution < 1.29 is 14.7 Å². The molecule has 1 aliphatic rings. The fraction of sp³-hybridized carbons (Fsp3) is 0.385. The number of nitrogens with one attached hydrogen (secondary N) is 1. The van der Waals surface area contributed by atoms with Gasteiger partial charge in [0.05, 0.1) is 10.7 Å². The highest BCUT2D eigenvalue weighted by atomic mass is 35.5. The minimum atomic E-state index is -1.15. The van der Waals surface area contributed by atoms with Crippen LogP contribution in [-0.2, 0) is 4.79 Å². The maximum atomic E-state index is 12.2. The Morgan fingerprint density at radius 1 is 1.42 bits per heavy atom. The largest absolute Gasteiger partial charge is 0.480 e. The Hall–Kier alpha value is -1.75. The maximum absolute atomic E-state index is 12.2. The van der Waals surface area contributed by atoms with Crippen LogP contribution in [0.3, 0.4) is 0 Å². The average molecular weight is 283 g/mol. The third-order valence-corrected chi connectivity index (χ3v) is 3.79. The smallest absolute Gasteiger partial charge is 0.329 e. The standard InChI is InChI=1S/C13H15ClN2O3/c1-13(11(17)18)7-4-8-16(13)12(19)15-10-6-3-2-5-9(10)14/h2-3,5-6H,4,7-8H2,1H3,(H,15,19)(H,17,18). The van der Waals surface area contributed by atoms with Crippen LogP contribution in [0, 0.1) is 0 Å². The molecule has 1 fully saturated rings. The predicted molar refractivity (Wildman–Crippen MR) is 72.5 cm³/mol. The van der Waals surface area contributed by atoms with Crippen molar-refractivity contribution in [2.45, 2.75) is 25.3 Å². The Balaban J connectivity index is 2.17. The monoisotopic (exact) mass is 282 g/mol. The van der Waals surface area contributed by atoms with Crippen molar-refractivity contribution in [3.8, 4) is 0 Å². The number of benzene rings is 1. The van der Waals surface area contributed by atoms with E-state index in [1.807, 2.05) is 0 Å². The van der Waals surface area contributed by atoms with E-state index in [4.69, 9.17) is 11.6 Å². The van der Waals surface area contributed by atoms with Crippen LogP contribution in [0.25, 0.3) is 0 Å². The van der Waals surface area contributed by atoms with Crippen LogP contribution in [0.4, 0.5) is 10.5 Å². The van der Waals surface area contributed by atoms with Crippen molar-refractivity contribution in [3.63, 3.8) is 0 Å². The molecule has 6 heteroatoms. The molecule has 0 aromatic heterocycles. The molecule has 0 bridgehead atoms. The van der Waals surface area contributed by atoms with Crippen LogP contribution in [0.1, 0.15) is 19.8 Å². The lowest BCUT2D eigenvalue weighted by atomic mass is 10.00. The quantitative estimate of drug-likeness (QED) is 0.876. The molecular formula is C13H15ClN2O3. The lowest BCUT2D eigenvalue weighted by Crippen LogP contribution is -2.52. The van der Waals surface area contributed by atoms with E-state index in [-0.39, 0.29) is 0 Å². The molecule has 1 aliphatic heterocycles. The van der Waals surface area contributed by atoms with Gasteiger partial charge < -0.3 is 15.3 Å². The number of halogens is 1. The number of carbonyl (C=O) groups excluding carboxylic acids is 1. The number of rotatable bonds is 2. The van der Waals surface area contributed by atoms with Crippen molar-refractivity contribution in [2.24, 2.45) is 0 Å². The number of urea groups is 1. The molecule has 1 atom stereocenters. The van der Waals surface area contributed by atoms with Crippen LogP contribution >= 0.6 is 11.6 Å². The number of likely N-dealkylation sites (tertiary alicyclic amines) is 1. The first-order chi connectivity index (χ1) is 8.95. The molecule has 0 spiro atoms. The molecule has 1 saturated heterocycles. The van der Waals surface area contributed by atoms with Crippen molar-refractivity contribution in [2.75, 3.05) is 11.9 Å². The second-order valence-corrected chi connectivity index (χ2v) is 5.15. The molecule has 1 heterocycles. The molecule has 2 N–H and O–H groups in total. The van der Waals surface area contributed by atoms with E-state index in [1.165, 1.54) is 4.90 Å². The highest BCUT2D eigenvalue weighted by Crippen LogP contribution is 2.30. The van der Waals surface area contributed by atoms with E-state index in [2.05, 4.69) is 5.32 Å². The maximum Gasteiger partial charge on any atom is 0.329 e. The van der Waals surface area contributed by atoms with E-state index >= 15 is 0 Å². The second kappa shape index (κ2) is 5.09. The van der Waals surface area contributed by atoms with Gasteiger partial charge in [0, 0.05) is 6.54 Å². The first-order valence-electron chi connectivity index (χ1n) is 6.02. The van der Waals surface area contributed by atoms with Gasteiger partial charge in [0.1, 0.15) is 5.54 Å². The van der Waals surface area contributed by atoms with Crippen LogP contribution < -0.4 is 5.32 Å². The number of aliphatic carboxylic acids is 1. The summed E-state index contributed by atoms with van der Waals surface area (Å²) < 4.78 is 0. The van der Waals surface area contributed by atoms with Crippen molar-refractivity contribution in [1.29, 1.82) is 0 Å². The fourth-order valence-electron chi connectivity index (χ4n) is 2.26. The Bertz CT molecular complexity index is 520. The highest BCUT2D eigenvalue weighted by Gasteiger charge is 2.46. The minimum absolute atomic E-state index is 0.423. The number of hydrogen-bond acceptors (Lipinski definition) is 2. The van der Waals surface area contributed by atoms with Crippen LogP contribution in [0.15, 0.2) is 24.3 Å². The summed E-state index contributed by atoms with van der Waals surface area (Å²) in [5, 5.41) is 12.3. The Morgan fingerprint density at radius 3 is 2.74 bits per heavy atom. The van der Waals surface area contributed by atoms with E-state index in [9.17, 15) is 14.7 Å². The highest BCUT2D eigenvalue weighted by molar-refractivity contribution is 6.33. The minimum Gasteiger partial charge on any atom is -0.480 e. The zero-order valence-corrected chi connectivity index (χ0v) is 11.3. The molecule has 5 nitrogen and oxygen atoms in total. The zero-order chi connectivity index (χ0) is 14.0. The predicted octanol–water partition coefficient (Wildman–Crippen LogP) is 2.81. The third kappa shape index (κ3) is 2.51. The lowest BCUT2D eigenvalue weighted by molar-refractivity contribution is -0.146. The molecular weight excluding hydrogens is 268 g/mol. The van der Waals surface area contributed by atoms with Gasteiger partial charge in [-0.05, 0) is 31.9 Å². The third-order valence-electron chi connectivity index (χ3n) is 3.46. The number of para-hydroxylation sites is 1. The van der Waals surface area contributed by atoms with Crippen molar-refractivity contribution >= 4 is 29.3 Å². The molecule has 1 unspecified atom stereocenters. The van der Waals surface area contributed by atoms with E-state index in [1.54, 1.807) is 31.2 Å². The molecule has 0 saturated carbocycles. The summed E-state index contributed by atoms with van der Waals surface area (Å²) in [5.74, 6) is -0.987. The lowest BCUT2D eigenvalue weighted by Gasteiger charge is -2.31. The molecule has 102 valence electrons. The number of carboxylic acids is 1. The SMILES string of the molecule is CC1(C(=O)O)CCCN1C(=O)Nc1ccccc1Cl. The molecule has 1 aromatic rings. The Morgan fingerprint density at radius 2 is 2.11 bits per heavy atom. The Labute approximate surface area is 116 Å². The first-order valence-corrected chi connectivity index (χ1v) is 6.39. The molecule has 1 aromatic carbocycles. The van der Waals surface area contributed by atoms with E-state index < -0.39 is 17.5 Å². The summed E-state index contributed by atoms with van der Waals surface area (Å²) in [5.41, 5.74) is -0.667. The van der Waals surface area contributed by atoms with Crippen LogP contribution in [-0.4, -0.2) is 34.1 Å². The van der Waals surface area contributed by atoms with Crippen molar-refractivity contribution in [1.82, 2.24) is 4.90 Å². The van der Waals surface area contributed by atoms with E-state index in [0.717, 1.165) is 0 Å². The van der Waals surface area contributed by atoms with Gasteiger partial charge in [0.2, 0.25) is 0 Å². The van der Waals surface area contributed by atoms with Gasteiger partial charge in [-0.3, -0.25) is 0 Å². The summed E-state index contributed by atoms with van der Waals surface area (Å²) in [4.78, 5) is 24.8. The summed E-state index contributed by atoms with van der Waals surface area (Å²) in [7, 11) is 0. The molecule has 2 amide bonds. The normalized spacial score (nSPS) is 22.3. The summed E-state index contributed by atoms with van der Waals surface area (Å²) in [6.07, 6.45) is 1.14. The van der Waals surface area contributed by atoms with Crippen LogP contribution in [0.5, 0.6) is 0 Å². The molecule has 0 aliphatic carbocycles. The first kappa shape index (κ1) is 13.7. The van der Waals surface area contributed by atoms with Gasteiger partial charge in [-0.15, -0.1) is 0 Å². The number of carbonyl (C=O) groups is 2. The van der Waals surface area contributed by atoms with Gasteiger partial charge in [-0.1, -0.05) is 23.7 Å². The summed E-state index contributed by atoms with van der Waals surface area (Å²) in [6, 6.07) is 6.42. The second-order valence-electron chi connectivity index (χ2n) is 4.74. The molecule has 19 heavy (non-hydrogen) atoms. The van der Waals surface area contributed by atoms with Crippen LogP contribution in [0.2, 0.25) is 5.02 Å². The topological polar surface area (TPSA) is 69.6 Å². The number of amides is 2. The molecule has 0 radical (unpaired) electrons. The van der Waals surface area contributed by atoms with Gasteiger partial charge in [-0.25, -0.2) is 9.59 Å². The number of hydrogen-bond donors (Lipinski definition) is 2. The number of nitrogens with zero attached hydrogens (tertiary/aromatic N) is 1. The zero-order valence-electron chi connectivity index (χ0n) is 10.5.